The van der Waals surface area contributed by atoms with Crippen molar-refractivity contribution in [1.29, 1.82) is 0 Å². The number of hydrogen-bond donors (Lipinski definition) is 0. The Balaban J connectivity index is 0.00000349. The van der Waals surface area contributed by atoms with Crippen LogP contribution in [0, 0.1) is 18.8 Å². The first kappa shape index (κ1) is 26.0. The molecule has 8 nitrogen and oxygen atoms in total. The molecule has 11 rings (SSSR count). The number of para-hydroxylation sites is 3. The van der Waals surface area contributed by atoms with Gasteiger partial charge in [-0.15, -0.1) is 41.4 Å². The summed E-state index contributed by atoms with van der Waals surface area (Å²) in [6, 6.07) is 36.3. The molecule has 0 aliphatic carbocycles. The zero-order valence-corrected chi connectivity index (χ0v) is 28.3. The van der Waals surface area contributed by atoms with E-state index in [4.69, 9.17) is 18.8 Å². The third-order valence-electron chi connectivity index (χ3n) is 9.51. The van der Waals surface area contributed by atoms with E-state index in [1.165, 1.54) is 4.90 Å². The molecule has 0 unspecified atom stereocenters. The van der Waals surface area contributed by atoms with Gasteiger partial charge < -0.3 is 23.3 Å². The average Bonchev–Trinajstić information content (AvgIpc) is 3.83. The van der Waals surface area contributed by atoms with E-state index in [1.807, 2.05) is 90.5 Å². The zero-order valence-electron chi connectivity index (χ0n) is 29.0. The average molecular weight is 829 g/mol. The van der Waals surface area contributed by atoms with Crippen LogP contribution in [0.3, 0.4) is 0 Å². The van der Waals surface area contributed by atoms with Crippen molar-refractivity contribution in [1.82, 2.24) is 23.8 Å². The van der Waals surface area contributed by atoms with Gasteiger partial charge in [-0.1, -0.05) is 35.8 Å². The molecule has 0 bridgehead atoms. The second kappa shape index (κ2) is 10.8. The number of aromatic nitrogens is 5. The van der Waals surface area contributed by atoms with Gasteiger partial charge in [-0.25, -0.2) is 4.98 Å². The summed E-state index contributed by atoms with van der Waals surface area (Å²) in [5.74, 6) is 0.960. The summed E-state index contributed by atoms with van der Waals surface area (Å²) in [7, 11) is 0. The Kier molecular flexibility index (Phi) is 5.59. The Labute approximate surface area is 304 Å². The topological polar surface area (TPSA) is 63.2 Å². The molecular weight excluding hydrogens is 802 g/mol. The smallest absolute Gasteiger partial charge is 0.160 e. The standard InChI is InChI=1S/C41H24N7O.Pt/c1-45-24-46(36-12-3-2-11-35(36)45)25-7-4-8-26(19-25)49-27-14-15-28-29-9-5-10-30-32-22-43-23-33-31-21-42-18-16-34(31)47(40(32)33)37-13-6-17-44-41(37)48(39(29)30)38(28)20-27;/h2-18,21-24H,1H3;/q-3;/i1D3;. The molecule has 6 aromatic heterocycles. The quantitative estimate of drug-likeness (QED) is 0.166. The number of pyridine rings is 3. The summed E-state index contributed by atoms with van der Waals surface area (Å²) in [4.78, 5) is 17.3. The van der Waals surface area contributed by atoms with Gasteiger partial charge in [-0.3, -0.25) is 9.97 Å². The van der Waals surface area contributed by atoms with Crippen LogP contribution in [0.5, 0.6) is 11.5 Å². The van der Waals surface area contributed by atoms with Crippen molar-refractivity contribution >= 4 is 82.6 Å². The number of ether oxygens (including phenoxy) is 1. The number of anilines is 3. The van der Waals surface area contributed by atoms with Crippen LogP contribution in [-0.2, 0) is 21.1 Å². The molecular formula is C41H24N7OPt-3. The van der Waals surface area contributed by atoms with Crippen molar-refractivity contribution in [2.75, 3.05) is 16.8 Å². The van der Waals surface area contributed by atoms with E-state index in [2.05, 4.69) is 56.2 Å². The third kappa shape index (κ3) is 3.94. The Morgan fingerprint density at radius 3 is 2.32 bits per heavy atom. The monoisotopic (exact) mass is 828 g/mol. The van der Waals surface area contributed by atoms with Crippen LogP contribution in [-0.4, -0.2) is 30.7 Å². The number of rotatable bonds is 3. The maximum absolute atomic E-state index is 8.07. The zero-order chi connectivity index (χ0) is 34.7. The molecule has 242 valence electrons. The SMILES string of the molecule is [2H]C([2H])([2H])N1[CH-]N(c2[c-]c(Oc3[c-]c4c(cc3)c3cccc5c6cncc7c8cnccc8n(c8cccnc8n4c35)c76)ccc2)c2ccccc21.[Pt]. The summed E-state index contributed by atoms with van der Waals surface area (Å²) in [6.45, 7) is -0.756. The summed E-state index contributed by atoms with van der Waals surface area (Å²) < 4.78 is 35.1. The Hall–Kier alpha value is -5.98. The molecule has 0 radical (unpaired) electrons. The molecule has 9 heteroatoms. The van der Waals surface area contributed by atoms with Crippen molar-refractivity contribution < 1.29 is 29.9 Å². The maximum atomic E-state index is 8.07. The van der Waals surface area contributed by atoms with E-state index in [1.54, 1.807) is 12.7 Å². The van der Waals surface area contributed by atoms with Gasteiger partial charge in [0, 0.05) is 106 Å². The van der Waals surface area contributed by atoms with Gasteiger partial charge in [0.15, 0.2) is 5.65 Å². The fraction of sp³-hybridized carbons (Fsp3) is 0.0244. The number of fused-ring (bicyclic) bond motifs is 11. The summed E-state index contributed by atoms with van der Waals surface area (Å²) in [5, 5.41) is 6.16. The van der Waals surface area contributed by atoms with E-state index in [0.29, 0.717) is 22.9 Å². The predicted octanol–water partition coefficient (Wildman–Crippen LogP) is 9.24. The summed E-state index contributed by atoms with van der Waals surface area (Å²) in [5.41, 5.74) is 7.55. The minimum atomic E-state index is -2.34. The van der Waals surface area contributed by atoms with Gasteiger partial charge in [0.1, 0.15) is 0 Å². The number of nitrogens with zero attached hydrogens (tertiary/aromatic N) is 7. The van der Waals surface area contributed by atoms with Crippen molar-refractivity contribution in [3.05, 3.63) is 141 Å². The Morgan fingerprint density at radius 2 is 1.42 bits per heavy atom. The molecule has 7 heterocycles. The van der Waals surface area contributed by atoms with Crippen LogP contribution in [0.4, 0.5) is 17.1 Å². The van der Waals surface area contributed by atoms with Crippen LogP contribution in [0.1, 0.15) is 4.11 Å². The van der Waals surface area contributed by atoms with Gasteiger partial charge in [0.05, 0.1) is 16.6 Å². The van der Waals surface area contributed by atoms with E-state index in [-0.39, 0.29) is 21.1 Å². The summed E-state index contributed by atoms with van der Waals surface area (Å²) in [6.07, 6.45) is 9.40. The fourth-order valence-corrected chi connectivity index (χ4v) is 7.50. The largest absolute Gasteiger partial charge is 0.509 e. The molecule has 1 aliphatic rings. The maximum Gasteiger partial charge on any atom is 0.160 e. The van der Waals surface area contributed by atoms with Crippen LogP contribution in [0.25, 0.3) is 65.5 Å². The van der Waals surface area contributed by atoms with Crippen LogP contribution in [0.15, 0.2) is 122 Å². The first-order valence-electron chi connectivity index (χ1n) is 17.3. The second-order valence-corrected chi connectivity index (χ2v) is 12.1. The molecule has 0 atom stereocenters. The minimum absolute atomic E-state index is 0. The Bertz CT molecular complexity index is 3120. The van der Waals surface area contributed by atoms with E-state index >= 15 is 0 Å². The van der Waals surface area contributed by atoms with Crippen molar-refractivity contribution in [3.8, 4) is 11.5 Å². The van der Waals surface area contributed by atoms with E-state index in [9.17, 15) is 0 Å². The molecule has 0 fully saturated rings. The van der Waals surface area contributed by atoms with Gasteiger partial charge in [0.25, 0.3) is 0 Å². The molecule has 0 spiro atoms. The minimum Gasteiger partial charge on any atom is -0.509 e. The molecule has 0 N–H and O–H groups in total. The molecule has 1 aliphatic heterocycles. The normalized spacial score (nSPS) is 14.1. The van der Waals surface area contributed by atoms with Gasteiger partial charge in [-0.2, -0.15) is 18.8 Å². The van der Waals surface area contributed by atoms with Crippen LogP contribution < -0.4 is 14.5 Å². The van der Waals surface area contributed by atoms with E-state index in [0.717, 1.165) is 71.2 Å². The van der Waals surface area contributed by atoms with Crippen molar-refractivity contribution in [2.45, 2.75) is 0 Å². The fourth-order valence-electron chi connectivity index (χ4n) is 7.50. The first-order chi connectivity index (χ1) is 25.4. The van der Waals surface area contributed by atoms with Gasteiger partial charge in [-0.05, 0) is 42.7 Å². The van der Waals surface area contributed by atoms with Crippen molar-refractivity contribution in [2.24, 2.45) is 0 Å². The molecule has 0 saturated heterocycles. The summed E-state index contributed by atoms with van der Waals surface area (Å²) >= 11 is 0. The van der Waals surface area contributed by atoms with Crippen LogP contribution >= 0.6 is 0 Å². The van der Waals surface area contributed by atoms with Gasteiger partial charge in [0.2, 0.25) is 0 Å². The molecule has 4 aromatic carbocycles. The molecule has 50 heavy (non-hydrogen) atoms. The van der Waals surface area contributed by atoms with Gasteiger partial charge >= 0.3 is 0 Å². The number of hydrogen-bond acceptors (Lipinski definition) is 6. The second-order valence-electron chi connectivity index (χ2n) is 12.1. The predicted molar refractivity (Wildman–Crippen MR) is 195 cm³/mol. The number of benzene rings is 4. The van der Waals surface area contributed by atoms with Crippen molar-refractivity contribution in [3.63, 3.8) is 0 Å². The molecule has 10 aromatic rings. The van der Waals surface area contributed by atoms with E-state index < -0.39 is 6.98 Å². The molecule has 0 saturated carbocycles. The first-order valence-corrected chi connectivity index (χ1v) is 15.8. The third-order valence-corrected chi connectivity index (χ3v) is 9.51. The van der Waals surface area contributed by atoms with Crippen LogP contribution in [0.2, 0.25) is 0 Å². The molecule has 0 amide bonds. The Morgan fingerprint density at radius 1 is 0.640 bits per heavy atom.